The third kappa shape index (κ3) is 3.84. The first kappa shape index (κ1) is 16.2. The fourth-order valence-electron chi connectivity index (χ4n) is 1.63. The molecule has 1 aromatic rings. The van der Waals surface area contributed by atoms with Crippen LogP contribution in [0.4, 0.5) is 11.4 Å². The minimum Gasteiger partial charge on any atom is -0.493 e. The van der Waals surface area contributed by atoms with Gasteiger partial charge in [-0.2, -0.15) is 0 Å². The SMILES string of the molecule is CCCOc1cc(N(C)C(C)(C)CO)cc([N+](=O)[O-])c1. The van der Waals surface area contributed by atoms with Crippen molar-refractivity contribution in [1.29, 1.82) is 0 Å². The van der Waals surface area contributed by atoms with Crippen LogP contribution in [0.2, 0.25) is 0 Å². The molecule has 0 spiro atoms. The van der Waals surface area contributed by atoms with E-state index in [0.717, 1.165) is 6.42 Å². The first-order valence-electron chi connectivity index (χ1n) is 6.58. The van der Waals surface area contributed by atoms with Crippen LogP contribution in [0.1, 0.15) is 27.2 Å². The molecule has 1 rings (SSSR count). The van der Waals surface area contributed by atoms with E-state index in [1.165, 1.54) is 12.1 Å². The zero-order chi connectivity index (χ0) is 15.3. The normalized spacial score (nSPS) is 11.2. The van der Waals surface area contributed by atoms with Crippen LogP contribution in [-0.2, 0) is 0 Å². The van der Waals surface area contributed by atoms with Crippen LogP contribution < -0.4 is 9.64 Å². The second-order valence-electron chi connectivity index (χ2n) is 5.32. The number of nitro groups is 1. The van der Waals surface area contributed by atoms with Gasteiger partial charge >= 0.3 is 0 Å². The van der Waals surface area contributed by atoms with Gasteiger partial charge in [0.1, 0.15) is 5.75 Å². The van der Waals surface area contributed by atoms with Crippen LogP contribution in [0.15, 0.2) is 18.2 Å². The van der Waals surface area contributed by atoms with Gasteiger partial charge < -0.3 is 14.7 Å². The fraction of sp³-hybridized carbons (Fsp3) is 0.571. The predicted octanol–water partition coefficient (Wildman–Crippen LogP) is 2.59. The topological polar surface area (TPSA) is 75.8 Å². The molecule has 0 amide bonds. The molecule has 0 aliphatic carbocycles. The highest BCUT2D eigenvalue weighted by molar-refractivity contribution is 5.59. The first-order valence-corrected chi connectivity index (χ1v) is 6.58. The molecule has 0 aliphatic heterocycles. The molecule has 112 valence electrons. The Bertz CT molecular complexity index is 474. The average molecular weight is 282 g/mol. The van der Waals surface area contributed by atoms with Crippen LogP contribution in [0.25, 0.3) is 0 Å². The largest absolute Gasteiger partial charge is 0.493 e. The molecule has 20 heavy (non-hydrogen) atoms. The Labute approximate surface area is 119 Å². The molecular weight excluding hydrogens is 260 g/mol. The highest BCUT2D eigenvalue weighted by Crippen LogP contribution is 2.31. The standard InChI is InChI=1S/C14H22N2O4/c1-5-6-20-13-8-11(7-12(9-13)16(18)19)15(4)14(2,3)10-17/h7-9,17H,5-6,10H2,1-4H3. The van der Waals surface area contributed by atoms with E-state index in [1.807, 2.05) is 20.8 Å². The predicted molar refractivity (Wildman–Crippen MR) is 78.5 cm³/mol. The number of ether oxygens (including phenoxy) is 1. The molecule has 1 N–H and O–H groups in total. The molecule has 1 aromatic carbocycles. The number of aliphatic hydroxyl groups is 1. The summed E-state index contributed by atoms with van der Waals surface area (Å²) in [5, 5.41) is 20.4. The van der Waals surface area contributed by atoms with Gasteiger partial charge in [-0.3, -0.25) is 10.1 Å². The molecule has 6 nitrogen and oxygen atoms in total. The van der Waals surface area contributed by atoms with Crippen molar-refractivity contribution < 1.29 is 14.8 Å². The lowest BCUT2D eigenvalue weighted by Crippen LogP contribution is -2.44. The van der Waals surface area contributed by atoms with E-state index in [4.69, 9.17) is 4.74 Å². The second-order valence-corrected chi connectivity index (χ2v) is 5.32. The van der Waals surface area contributed by atoms with E-state index >= 15 is 0 Å². The van der Waals surface area contributed by atoms with Crippen molar-refractivity contribution in [3.05, 3.63) is 28.3 Å². The molecular formula is C14H22N2O4. The molecule has 0 atom stereocenters. The highest BCUT2D eigenvalue weighted by atomic mass is 16.6. The Morgan fingerprint density at radius 3 is 2.55 bits per heavy atom. The van der Waals surface area contributed by atoms with Crippen LogP contribution in [0.3, 0.4) is 0 Å². The zero-order valence-corrected chi connectivity index (χ0v) is 12.4. The number of benzene rings is 1. The highest BCUT2D eigenvalue weighted by Gasteiger charge is 2.24. The summed E-state index contributed by atoms with van der Waals surface area (Å²) in [6.45, 7) is 6.14. The number of hydrogen-bond acceptors (Lipinski definition) is 5. The summed E-state index contributed by atoms with van der Waals surface area (Å²) < 4.78 is 5.49. The Hall–Kier alpha value is -1.82. The summed E-state index contributed by atoms with van der Waals surface area (Å²) in [5.41, 5.74) is 0.107. The lowest BCUT2D eigenvalue weighted by Gasteiger charge is -2.35. The number of anilines is 1. The lowest BCUT2D eigenvalue weighted by molar-refractivity contribution is -0.384. The molecule has 0 saturated heterocycles. The summed E-state index contributed by atoms with van der Waals surface area (Å²) in [6.07, 6.45) is 0.829. The van der Waals surface area contributed by atoms with Gasteiger partial charge in [0, 0.05) is 24.9 Å². The number of nitrogens with zero attached hydrogens (tertiary/aromatic N) is 2. The monoisotopic (exact) mass is 282 g/mol. The molecule has 0 fully saturated rings. The number of rotatable bonds is 7. The third-order valence-corrected chi connectivity index (χ3v) is 3.24. The van der Waals surface area contributed by atoms with E-state index in [-0.39, 0.29) is 12.3 Å². The number of hydrogen-bond donors (Lipinski definition) is 1. The van der Waals surface area contributed by atoms with Gasteiger partial charge in [0.25, 0.3) is 5.69 Å². The summed E-state index contributed by atoms with van der Waals surface area (Å²) in [4.78, 5) is 12.4. The molecule has 0 bridgehead atoms. The maximum absolute atomic E-state index is 11.0. The Balaban J connectivity index is 3.17. The number of aliphatic hydroxyl groups excluding tert-OH is 1. The second kappa shape index (κ2) is 6.56. The summed E-state index contributed by atoms with van der Waals surface area (Å²) in [6, 6.07) is 4.65. The van der Waals surface area contributed by atoms with Crippen molar-refractivity contribution in [3.8, 4) is 5.75 Å². The van der Waals surface area contributed by atoms with Gasteiger partial charge in [-0.25, -0.2) is 0 Å². The Morgan fingerprint density at radius 1 is 1.40 bits per heavy atom. The van der Waals surface area contributed by atoms with Crippen molar-refractivity contribution in [2.24, 2.45) is 0 Å². The van der Waals surface area contributed by atoms with Crippen molar-refractivity contribution in [3.63, 3.8) is 0 Å². The number of non-ortho nitro benzene ring substituents is 1. The Kier molecular flexibility index (Phi) is 5.33. The van der Waals surface area contributed by atoms with E-state index < -0.39 is 10.5 Å². The average Bonchev–Trinajstić information content (AvgIpc) is 2.43. The van der Waals surface area contributed by atoms with Crippen LogP contribution in [-0.4, -0.2) is 35.8 Å². The maximum atomic E-state index is 11.0. The molecule has 6 heteroatoms. The lowest BCUT2D eigenvalue weighted by atomic mass is 10.0. The summed E-state index contributed by atoms with van der Waals surface area (Å²) in [7, 11) is 1.79. The quantitative estimate of drug-likeness (QED) is 0.614. The smallest absolute Gasteiger partial charge is 0.275 e. The molecule has 0 radical (unpaired) electrons. The van der Waals surface area contributed by atoms with Gasteiger partial charge in [0.2, 0.25) is 0 Å². The van der Waals surface area contributed by atoms with Crippen molar-refractivity contribution in [2.75, 3.05) is 25.2 Å². The van der Waals surface area contributed by atoms with Gasteiger partial charge in [-0.05, 0) is 20.3 Å². The maximum Gasteiger partial charge on any atom is 0.275 e. The first-order chi connectivity index (χ1) is 9.31. The minimum atomic E-state index is -0.517. The van der Waals surface area contributed by atoms with E-state index in [0.29, 0.717) is 18.0 Å². The van der Waals surface area contributed by atoms with Crippen LogP contribution in [0, 0.1) is 10.1 Å². The fourth-order valence-corrected chi connectivity index (χ4v) is 1.63. The minimum absolute atomic E-state index is 0.0193. The van der Waals surface area contributed by atoms with Crippen molar-refractivity contribution in [2.45, 2.75) is 32.7 Å². The van der Waals surface area contributed by atoms with E-state index in [1.54, 1.807) is 18.0 Å². The molecule has 0 aliphatic rings. The van der Waals surface area contributed by atoms with Crippen LogP contribution >= 0.6 is 0 Å². The Morgan fingerprint density at radius 2 is 2.05 bits per heavy atom. The third-order valence-electron chi connectivity index (χ3n) is 3.24. The van der Waals surface area contributed by atoms with Gasteiger partial charge in [0.15, 0.2) is 0 Å². The molecule has 0 heterocycles. The van der Waals surface area contributed by atoms with E-state index in [2.05, 4.69) is 0 Å². The number of likely N-dealkylation sites (N-methyl/N-ethyl adjacent to an activating group) is 1. The van der Waals surface area contributed by atoms with Gasteiger partial charge in [0.05, 0.1) is 29.7 Å². The summed E-state index contributed by atoms with van der Waals surface area (Å²) >= 11 is 0. The van der Waals surface area contributed by atoms with Crippen molar-refractivity contribution in [1.82, 2.24) is 0 Å². The van der Waals surface area contributed by atoms with Gasteiger partial charge in [-0.15, -0.1) is 0 Å². The number of nitro benzene ring substituents is 1. The van der Waals surface area contributed by atoms with Crippen molar-refractivity contribution >= 4 is 11.4 Å². The molecule has 0 unspecified atom stereocenters. The van der Waals surface area contributed by atoms with E-state index in [9.17, 15) is 15.2 Å². The molecule has 0 aromatic heterocycles. The zero-order valence-electron chi connectivity index (χ0n) is 12.4. The molecule has 0 saturated carbocycles. The summed E-state index contributed by atoms with van der Waals surface area (Å²) in [5.74, 6) is 0.469. The van der Waals surface area contributed by atoms with Crippen LogP contribution in [0.5, 0.6) is 5.75 Å². The van der Waals surface area contributed by atoms with Gasteiger partial charge in [-0.1, -0.05) is 6.92 Å².